The lowest BCUT2D eigenvalue weighted by atomic mass is 10.2. The molecule has 0 unspecified atom stereocenters. The molecule has 5 nitrogen and oxygen atoms in total. The van der Waals surface area contributed by atoms with Crippen molar-refractivity contribution in [3.05, 3.63) is 59.7 Å². The van der Waals surface area contributed by atoms with Crippen molar-refractivity contribution in [2.24, 2.45) is 0 Å². The van der Waals surface area contributed by atoms with Crippen molar-refractivity contribution in [1.29, 1.82) is 0 Å². The molecule has 1 amide bonds. The minimum atomic E-state index is -0.565. The van der Waals surface area contributed by atoms with Crippen LogP contribution in [0.2, 0.25) is 0 Å². The average molecular weight is 270 g/mol. The van der Waals surface area contributed by atoms with E-state index in [2.05, 4.69) is 15.4 Å². The standard InChI is InChI=1S/C14H11FN4O/c1-9-8-19-13(16-9)7-6-12(18-19)17-14(20)10-4-2-3-5-11(10)15/h2-8H,1H3,(H,17,18,20). The summed E-state index contributed by atoms with van der Waals surface area (Å²) in [6.45, 7) is 1.85. The highest BCUT2D eigenvalue weighted by Crippen LogP contribution is 2.11. The van der Waals surface area contributed by atoms with Crippen LogP contribution in [0, 0.1) is 12.7 Å². The van der Waals surface area contributed by atoms with Gasteiger partial charge in [0.05, 0.1) is 17.5 Å². The lowest BCUT2D eigenvalue weighted by Crippen LogP contribution is -2.15. The van der Waals surface area contributed by atoms with Crippen LogP contribution < -0.4 is 5.32 Å². The molecule has 0 atom stereocenters. The fourth-order valence-corrected chi connectivity index (χ4v) is 1.90. The second-order valence-corrected chi connectivity index (χ2v) is 4.34. The molecule has 1 aromatic carbocycles. The van der Waals surface area contributed by atoms with Crippen LogP contribution in [0.1, 0.15) is 16.1 Å². The highest BCUT2D eigenvalue weighted by Gasteiger charge is 2.12. The Morgan fingerprint density at radius 2 is 2.05 bits per heavy atom. The Morgan fingerprint density at radius 3 is 2.85 bits per heavy atom. The van der Waals surface area contributed by atoms with Crippen LogP contribution >= 0.6 is 0 Å². The first-order valence-corrected chi connectivity index (χ1v) is 6.02. The van der Waals surface area contributed by atoms with E-state index >= 15 is 0 Å². The maximum absolute atomic E-state index is 13.5. The maximum Gasteiger partial charge on any atom is 0.259 e. The topological polar surface area (TPSA) is 59.3 Å². The zero-order valence-electron chi connectivity index (χ0n) is 10.7. The molecule has 1 N–H and O–H groups in total. The van der Waals surface area contributed by atoms with E-state index in [9.17, 15) is 9.18 Å². The Kier molecular flexibility index (Phi) is 2.90. The van der Waals surface area contributed by atoms with Crippen LogP contribution in [-0.2, 0) is 0 Å². The first-order chi connectivity index (χ1) is 9.63. The van der Waals surface area contributed by atoms with Crippen molar-refractivity contribution in [3.63, 3.8) is 0 Å². The molecular formula is C14H11FN4O. The number of aromatic nitrogens is 3. The zero-order valence-corrected chi connectivity index (χ0v) is 10.7. The number of nitrogens with zero attached hydrogens (tertiary/aromatic N) is 3. The van der Waals surface area contributed by atoms with E-state index in [1.54, 1.807) is 28.9 Å². The predicted molar refractivity (Wildman–Crippen MR) is 72.1 cm³/mol. The average Bonchev–Trinajstić information content (AvgIpc) is 2.78. The van der Waals surface area contributed by atoms with Gasteiger partial charge in [-0.25, -0.2) is 13.9 Å². The van der Waals surface area contributed by atoms with E-state index < -0.39 is 11.7 Å². The number of hydrogen-bond acceptors (Lipinski definition) is 3. The fraction of sp³-hybridized carbons (Fsp3) is 0.0714. The number of aryl methyl sites for hydroxylation is 1. The number of imidazole rings is 1. The van der Waals surface area contributed by atoms with Gasteiger partial charge in [-0.05, 0) is 31.2 Å². The van der Waals surface area contributed by atoms with E-state index in [4.69, 9.17) is 0 Å². The Morgan fingerprint density at radius 1 is 1.25 bits per heavy atom. The molecule has 20 heavy (non-hydrogen) atoms. The van der Waals surface area contributed by atoms with Gasteiger partial charge in [-0.2, -0.15) is 0 Å². The first-order valence-electron chi connectivity index (χ1n) is 6.02. The third kappa shape index (κ3) is 2.23. The molecule has 2 aromatic heterocycles. The van der Waals surface area contributed by atoms with Gasteiger partial charge in [0, 0.05) is 0 Å². The monoisotopic (exact) mass is 270 g/mol. The summed E-state index contributed by atoms with van der Waals surface area (Å²) in [5, 5.41) is 6.75. The number of anilines is 1. The van der Waals surface area contributed by atoms with Crippen molar-refractivity contribution >= 4 is 17.4 Å². The number of carbonyl (C=O) groups is 1. The van der Waals surface area contributed by atoms with Gasteiger partial charge >= 0.3 is 0 Å². The van der Waals surface area contributed by atoms with Gasteiger partial charge < -0.3 is 5.32 Å². The molecule has 0 aliphatic carbocycles. The molecule has 6 heteroatoms. The number of halogens is 1. The minimum absolute atomic E-state index is 0.0174. The summed E-state index contributed by atoms with van der Waals surface area (Å²) in [5.74, 6) is -0.764. The van der Waals surface area contributed by atoms with Gasteiger partial charge in [-0.1, -0.05) is 12.1 Å². The van der Waals surface area contributed by atoms with E-state index in [0.717, 1.165) is 5.69 Å². The Hall–Kier alpha value is -2.76. The lowest BCUT2D eigenvalue weighted by Gasteiger charge is -2.05. The number of fused-ring (bicyclic) bond motifs is 1. The second-order valence-electron chi connectivity index (χ2n) is 4.34. The van der Waals surface area contributed by atoms with Gasteiger partial charge in [0.15, 0.2) is 11.5 Å². The second kappa shape index (κ2) is 4.73. The van der Waals surface area contributed by atoms with Crippen LogP contribution in [0.25, 0.3) is 5.65 Å². The highest BCUT2D eigenvalue weighted by atomic mass is 19.1. The molecular weight excluding hydrogens is 259 g/mol. The summed E-state index contributed by atoms with van der Waals surface area (Å²) in [7, 11) is 0. The van der Waals surface area contributed by atoms with E-state index in [1.165, 1.54) is 18.2 Å². The van der Waals surface area contributed by atoms with Gasteiger partial charge in [-0.15, -0.1) is 5.10 Å². The molecule has 0 saturated heterocycles. The van der Waals surface area contributed by atoms with Gasteiger partial charge in [0.1, 0.15) is 5.82 Å². The maximum atomic E-state index is 13.5. The van der Waals surface area contributed by atoms with Gasteiger partial charge in [-0.3, -0.25) is 4.79 Å². The number of hydrogen-bond donors (Lipinski definition) is 1. The molecule has 0 aliphatic rings. The number of carbonyl (C=O) groups excluding carboxylic acids is 1. The zero-order chi connectivity index (χ0) is 14.1. The SMILES string of the molecule is Cc1cn2nc(NC(=O)c3ccccc3F)ccc2n1. The Bertz CT molecular complexity index is 797. The molecule has 100 valence electrons. The first kappa shape index (κ1) is 12.3. The third-order valence-corrected chi connectivity index (χ3v) is 2.80. The summed E-state index contributed by atoms with van der Waals surface area (Å²) in [4.78, 5) is 16.2. The molecule has 3 aromatic rings. The summed E-state index contributed by atoms with van der Waals surface area (Å²) < 4.78 is 15.1. The van der Waals surface area contributed by atoms with Crippen LogP contribution in [0.5, 0.6) is 0 Å². The lowest BCUT2D eigenvalue weighted by molar-refractivity contribution is 0.102. The molecule has 0 bridgehead atoms. The molecule has 0 fully saturated rings. The quantitative estimate of drug-likeness (QED) is 0.778. The van der Waals surface area contributed by atoms with Crippen molar-refractivity contribution in [2.75, 3.05) is 5.32 Å². The smallest absolute Gasteiger partial charge is 0.259 e. The van der Waals surface area contributed by atoms with Crippen LogP contribution in [-0.4, -0.2) is 20.5 Å². The van der Waals surface area contributed by atoms with Crippen LogP contribution in [0.3, 0.4) is 0 Å². The third-order valence-electron chi connectivity index (χ3n) is 2.80. The van der Waals surface area contributed by atoms with E-state index in [-0.39, 0.29) is 5.56 Å². The highest BCUT2D eigenvalue weighted by molar-refractivity contribution is 6.03. The van der Waals surface area contributed by atoms with Crippen molar-refractivity contribution < 1.29 is 9.18 Å². The van der Waals surface area contributed by atoms with Gasteiger partial charge in [0.2, 0.25) is 0 Å². The molecule has 0 saturated carbocycles. The Labute approximate surface area is 114 Å². The number of benzene rings is 1. The summed E-state index contributed by atoms with van der Waals surface area (Å²) in [6.07, 6.45) is 1.74. The van der Waals surface area contributed by atoms with Gasteiger partial charge in [0.25, 0.3) is 5.91 Å². The van der Waals surface area contributed by atoms with Crippen molar-refractivity contribution in [2.45, 2.75) is 6.92 Å². The fourth-order valence-electron chi connectivity index (χ4n) is 1.90. The van der Waals surface area contributed by atoms with Crippen molar-refractivity contribution in [1.82, 2.24) is 14.6 Å². The van der Waals surface area contributed by atoms with Crippen LogP contribution in [0.15, 0.2) is 42.6 Å². The molecule has 0 radical (unpaired) electrons. The number of amides is 1. The Balaban J connectivity index is 1.89. The summed E-state index contributed by atoms with van der Waals surface area (Å²) in [5.41, 5.74) is 1.50. The minimum Gasteiger partial charge on any atom is -0.305 e. The summed E-state index contributed by atoms with van der Waals surface area (Å²) >= 11 is 0. The molecule has 0 spiro atoms. The molecule has 0 aliphatic heterocycles. The predicted octanol–water partition coefficient (Wildman–Crippen LogP) is 2.43. The molecule has 3 rings (SSSR count). The normalized spacial score (nSPS) is 10.7. The summed E-state index contributed by atoms with van der Waals surface area (Å²) in [6, 6.07) is 9.16. The number of rotatable bonds is 2. The van der Waals surface area contributed by atoms with Crippen LogP contribution in [0.4, 0.5) is 10.2 Å². The molecule has 2 heterocycles. The number of nitrogens with one attached hydrogen (secondary N) is 1. The van der Waals surface area contributed by atoms with E-state index in [1.807, 2.05) is 6.92 Å². The van der Waals surface area contributed by atoms with E-state index in [0.29, 0.717) is 11.5 Å². The largest absolute Gasteiger partial charge is 0.305 e. The van der Waals surface area contributed by atoms with Crippen molar-refractivity contribution in [3.8, 4) is 0 Å².